The van der Waals surface area contributed by atoms with Crippen molar-refractivity contribution in [2.45, 2.75) is 49.5 Å². The molecule has 7 heteroatoms. The van der Waals surface area contributed by atoms with Crippen LogP contribution >= 0.6 is 0 Å². The molecule has 3 N–H and O–H groups in total. The van der Waals surface area contributed by atoms with Crippen LogP contribution in [0, 0.1) is 5.92 Å². The van der Waals surface area contributed by atoms with E-state index in [2.05, 4.69) is 5.32 Å². The van der Waals surface area contributed by atoms with Gasteiger partial charge in [0.1, 0.15) is 0 Å². The molecule has 6 nitrogen and oxygen atoms in total. The number of sulfonamides is 1. The lowest BCUT2D eigenvalue weighted by atomic mass is 9.85. The van der Waals surface area contributed by atoms with Crippen LogP contribution in [0.3, 0.4) is 0 Å². The number of hydrogen-bond acceptors (Lipinski definition) is 4. The Bertz CT molecular complexity index is 667. The van der Waals surface area contributed by atoms with Crippen molar-refractivity contribution in [1.29, 1.82) is 0 Å². The van der Waals surface area contributed by atoms with Gasteiger partial charge in [0.25, 0.3) is 0 Å². The number of hydrogen-bond donors (Lipinski definition) is 2. The first-order chi connectivity index (χ1) is 11.3. The summed E-state index contributed by atoms with van der Waals surface area (Å²) in [6.45, 7) is 0. The lowest BCUT2D eigenvalue weighted by molar-refractivity contribution is -0.117. The summed E-state index contributed by atoms with van der Waals surface area (Å²) in [6.07, 6.45) is 6.65. The highest BCUT2D eigenvalue weighted by Gasteiger charge is 2.22. The molecule has 134 valence electrons. The van der Waals surface area contributed by atoms with E-state index in [-0.39, 0.29) is 10.8 Å². The molecular weight excluding hydrogens is 326 g/mol. The molecule has 0 saturated heterocycles. The maximum absolute atomic E-state index is 12.3. The molecule has 1 fully saturated rings. The van der Waals surface area contributed by atoms with Crippen LogP contribution in [0.25, 0.3) is 0 Å². The van der Waals surface area contributed by atoms with Gasteiger partial charge >= 0.3 is 0 Å². The lowest BCUT2D eigenvalue weighted by Crippen LogP contribution is -2.37. The first-order valence-electron chi connectivity index (χ1n) is 8.39. The lowest BCUT2D eigenvalue weighted by Gasteiger charge is -2.24. The Morgan fingerprint density at radius 1 is 1.29 bits per heavy atom. The van der Waals surface area contributed by atoms with E-state index in [0.717, 1.165) is 17.1 Å². The predicted molar refractivity (Wildman–Crippen MR) is 95.1 cm³/mol. The molecule has 1 amide bonds. The van der Waals surface area contributed by atoms with Crippen LogP contribution in [0.1, 0.15) is 38.5 Å². The Hall–Kier alpha value is -1.44. The first-order valence-corrected chi connectivity index (χ1v) is 9.84. The molecule has 0 bridgehead atoms. The number of nitrogens with one attached hydrogen (secondary N) is 1. The van der Waals surface area contributed by atoms with Crippen molar-refractivity contribution in [3.63, 3.8) is 0 Å². The average Bonchev–Trinajstić information content (AvgIpc) is 2.55. The van der Waals surface area contributed by atoms with E-state index >= 15 is 0 Å². The van der Waals surface area contributed by atoms with Gasteiger partial charge in [-0.2, -0.15) is 0 Å². The Kier molecular flexibility index (Phi) is 6.37. The molecule has 1 saturated carbocycles. The van der Waals surface area contributed by atoms with E-state index in [9.17, 15) is 13.2 Å². The van der Waals surface area contributed by atoms with Gasteiger partial charge in [0, 0.05) is 19.8 Å². The third-order valence-corrected chi connectivity index (χ3v) is 6.34. The van der Waals surface area contributed by atoms with Gasteiger partial charge in [-0.05, 0) is 30.5 Å². The minimum absolute atomic E-state index is 0.145. The fraction of sp³-hybridized carbons (Fsp3) is 0.588. The van der Waals surface area contributed by atoms with Crippen molar-refractivity contribution in [1.82, 2.24) is 4.31 Å². The highest BCUT2D eigenvalue weighted by Crippen LogP contribution is 2.27. The summed E-state index contributed by atoms with van der Waals surface area (Å²) in [6, 6.07) is 5.67. The van der Waals surface area contributed by atoms with Gasteiger partial charge in [-0.15, -0.1) is 0 Å². The second-order valence-electron chi connectivity index (χ2n) is 6.65. The van der Waals surface area contributed by atoms with E-state index in [1.54, 1.807) is 12.1 Å². The summed E-state index contributed by atoms with van der Waals surface area (Å²) in [7, 11) is -0.582. The van der Waals surface area contributed by atoms with Crippen molar-refractivity contribution in [3.8, 4) is 0 Å². The maximum atomic E-state index is 12.3. The van der Waals surface area contributed by atoms with E-state index in [0.29, 0.717) is 18.0 Å². The monoisotopic (exact) mass is 353 g/mol. The molecule has 0 spiro atoms. The van der Waals surface area contributed by atoms with Crippen molar-refractivity contribution >= 4 is 21.6 Å². The van der Waals surface area contributed by atoms with Crippen LogP contribution in [-0.4, -0.2) is 38.8 Å². The van der Waals surface area contributed by atoms with Gasteiger partial charge in [0.05, 0.1) is 10.9 Å². The van der Waals surface area contributed by atoms with Crippen molar-refractivity contribution in [3.05, 3.63) is 24.3 Å². The Morgan fingerprint density at radius 2 is 1.96 bits per heavy atom. The number of carbonyl (C=O) groups excluding carboxylic acids is 1. The van der Waals surface area contributed by atoms with Crippen molar-refractivity contribution in [2.24, 2.45) is 11.7 Å². The molecule has 1 aliphatic rings. The zero-order chi connectivity index (χ0) is 17.7. The number of anilines is 1. The fourth-order valence-corrected chi connectivity index (χ4v) is 4.02. The zero-order valence-electron chi connectivity index (χ0n) is 14.4. The molecule has 0 heterocycles. The Balaban J connectivity index is 2.01. The summed E-state index contributed by atoms with van der Waals surface area (Å²) >= 11 is 0. The van der Waals surface area contributed by atoms with E-state index < -0.39 is 16.1 Å². The molecule has 0 aliphatic heterocycles. The van der Waals surface area contributed by atoms with E-state index in [1.807, 2.05) is 0 Å². The van der Waals surface area contributed by atoms with E-state index in [4.69, 9.17) is 5.73 Å². The fourth-order valence-electron chi connectivity index (χ4n) is 3.07. The number of carbonyl (C=O) groups is 1. The summed E-state index contributed by atoms with van der Waals surface area (Å²) in [5, 5.41) is 2.74. The second-order valence-corrected chi connectivity index (χ2v) is 8.80. The molecule has 24 heavy (non-hydrogen) atoms. The number of amides is 1. The second kappa shape index (κ2) is 8.09. The van der Waals surface area contributed by atoms with Gasteiger partial charge in [0.15, 0.2) is 0 Å². The molecule has 1 aromatic rings. The van der Waals surface area contributed by atoms with Gasteiger partial charge in [0.2, 0.25) is 15.9 Å². The maximum Gasteiger partial charge on any atom is 0.242 e. The minimum atomic E-state index is -3.53. The van der Waals surface area contributed by atoms with Gasteiger partial charge < -0.3 is 11.1 Å². The molecule has 1 aliphatic carbocycles. The SMILES string of the molecule is CN(C)S(=O)(=O)c1cccc(NC(=O)C(N)CC2CCCCC2)c1. The zero-order valence-corrected chi connectivity index (χ0v) is 15.2. The average molecular weight is 353 g/mol. The number of nitrogens with zero attached hydrogens (tertiary/aromatic N) is 1. The van der Waals surface area contributed by atoms with Crippen molar-refractivity contribution < 1.29 is 13.2 Å². The molecule has 1 aromatic carbocycles. The molecule has 0 aromatic heterocycles. The normalized spacial score (nSPS) is 17.7. The largest absolute Gasteiger partial charge is 0.325 e. The van der Waals surface area contributed by atoms with Crippen LogP contribution in [0.15, 0.2) is 29.2 Å². The molecule has 1 atom stereocenters. The minimum Gasteiger partial charge on any atom is -0.325 e. The van der Waals surface area contributed by atoms with Crippen LogP contribution in [-0.2, 0) is 14.8 Å². The Morgan fingerprint density at radius 3 is 2.58 bits per heavy atom. The van der Waals surface area contributed by atoms with E-state index in [1.165, 1.54) is 45.5 Å². The number of benzene rings is 1. The quantitative estimate of drug-likeness (QED) is 0.820. The highest BCUT2D eigenvalue weighted by molar-refractivity contribution is 7.89. The number of rotatable bonds is 6. The topological polar surface area (TPSA) is 92.5 Å². The van der Waals surface area contributed by atoms with Crippen LogP contribution in [0.4, 0.5) is 5.69 Å². The van der Waals surface area contributed by atoms with Gasteiger partial charge in [-0.1, -0.05) is 38.2 Å². The summed E-state index contributed by atoms with van der Waals surface area (Å²) in [5.74, 6) is 0.250. The smallest absolute Gasteiger partial charge is 0.242 e. The third kappa shape index (κ3) is 4.78. The molecule has 0 radical (unpaired) electrons. The number of nitrogens with two attached hydrogens (primary N) is 1. The standard InChI is InChI=1S/C17H27N3O3S/c1-20(2)24(22,23)15-10-6-9-14(12-15)19-17(21)16(18)11-13-7-4-3-5-8-13/h6,9-10,12-13,16H,3-5,7-8,11,18H2,1-2H3,(H,19,21). The predicted octanol–water partition coefficient (Wildman–Crippen LogP) is 2.17. The molecular formula is C17H27N3O3S. The summed E-state index contributed by atoms with van der Waals surface area (Å²) < 4.78 is 25.5. The summed E-state index contributed by atoms with van der Waals surface area (Å²) in [5.41, 5.74) is 6.48. The molecule has 2 rings (SSSR count). The Labute approximate surface area is 144 Å². The van der Waals surface area contributed by atoms with Crippen LogP contribution in [0.5, 0.6) is 0 Å². The van der Waals surface area contributed by atoms with Crippen LogP contribution in [0.2, 0.25) is 0 Å². The first kappa shape index (κ1) is 18.9. The highest BCUT2D eigenvalue weighted by atomic mass is 32.2. The van der Waals surface area contributed by atoms with Gasteiger partial charge in [-0.25, -0.2) is 12.7 Å². The van der Waals surface area contributed by atoms with Gasteiger partial charge in [-0.3, -0.25) is 4.79 Å². The summed E-state index contributed by atoms with van der Waals surface area (Å²) in [4.78, 5) is 12.4. The molecule has 1 unspecified atom stereocenters. The van der Waals surface area contributed by atoms with Crippen molar-refractivity contribution in [2.75, 3.05) is 19.4 Å². The third-order valence-electron chi connectivity index (χ3n) is 4.53. The van der Waals surface area contributed by atoms with Crippen LogP contribution < -0.4 is 11.1 Å².